The number of hydrogen-bond acceptors (Lipinski definition) is 3. The first-order valence-corrected chi connectivity index (χ1v) is 7.52. The van der Waals surface area contributed by atoms with Crippen molar-refractivity contribution in [2.75, 3.05) is 26.2 Å². The van der Waals surface area contributed by atoms with Gasteiger partial charge in [0.2, 0.25) is 0 Å². The Hall–Kier alpha value is -2.28. The first kappa shape index (κ1) is 15.6. The van der Waals surface area contributed by atoms with Crippen molar-refractivity contribution in [3.63, 3.8) is 0 Å². The fourth-order valence-electron chi connectivity index (χ4n) is 2.67. The average Bonchev–Trinajstić information content (AvgIpc) is 3.06. The van der Waals surface area contributed by atoms with Crippen molar-refractivity contribution in [3.05, 3.63) is 53.9 Å². The molecule has 2 heterocycles. The van der Waals surface area contributed by atoms with Gasteiger partial charge in [-0.15, -0.1) is 0 Å². The van der Waals surface area contributed by atoms with E-state index in [2.05, 4.69) is 22.1 Å². The first-order valence-electron chi connectivity index (χ1n) is 7.52. The first-order chi connectivity index (χ1) is 11.1. The van der Waals surface area contributed by atoms with E-state index in [4.69, 9.17) is 0 Å². The largest absolute Gasteiger partial charge is 0.335 e. The molecule has 5 nitrogen and oxygen atoms in total. The Kier molecular flexibility index (Phi) is 4.66. The summed E-state index contributed by atoms with van der Waals surface area (Å²) in [5.74, 6) is -0.288. The van der Waals surface area contributed by atoms with E-state index in [1.807, 2.05) is 18.2 Å². The molecule has 1 aliphatic rings. The Morgan fingerprint density at radius 3 is 2.39 bits per heavy atom. The van der Waals surface area contributed by atoms with Crippen LogP contribution in [0.2, 0.25) is 0 Å². The fourth-order valence-corrected chi connectivity index (χ4v) is 2.67. The summed E-state index contributed by atoms with van der Waals surface area (Å²) < 4.78 is 25.5. The summed E-state index contributed by atoms with van der Waals surface area (Å²) in [6.07, 6.45) is 1.13. The Labute approximate surface area is 133 Å². The van der Waals surface area contributed by atoms with E-state index in [-0.39, 0.29) is 11.6 Å². The van der Waals surface area contributed by atoms with Crippen LogP contribution in [0.4, 0.5) is 8.78 Å². The van der Waals surface area contributed by atoms with Gasteiger partial charge in [-0.25, -0.2) is 4.68 Å². The van der Waals surface area contributed by atoms with E-state index < -0.39 is 6.55 Å². The van der Waals surface area contributed by atoms with Crippen LogP contribution >= 0.6 is 0 Å². The number of aromatic nitrogens is 2. The molecule has 1 amide bonds. The van der Waals surface area contributed by atoms with Gasteiger partial charge in [0.15, 0.2) is 5.69 Å². The molecule has 1 aromatic heterocycles. The zero-order chi connectivity index (χ0) is 16.2. The topological polar surface area (TPSA) is 41.4 Å². The molecular weight excluding hydrogens is 302 g/mol. The second-order valence-corrected chi connectivity index (χ2v) is 5.51. The number of alkyl halides is 2. The zero-order valence-corrected chi connectivity index (χ0v) is 12.6. The standard InChI is InChI=1S/C16H18F2N4O/c17-16(18)22-7-6-14(19-22)15(23)21-10-8-20(9-11-21)12-13-4-2-1-3-5-13/h1-7,16H,8-12H2. The van der Waals surface area contributed by atoms with Gasteiger partial charge >= 0.3 is 6.55 Å². The highest BCUT2D eigenvalue weighted by atomic mass is 19.3. The minimum atomic E-state index is -2.72. The molecule has 0 radical (unpaired) electrons. The zero-order valence-electron chi connectivity index (χ0n) is 12.6. The molecule has 0 N–H and O–H groups in total. The second-order valence-electron chi connectivity index (χ2n) is 5.51. The Morgan fingerprint density at radius 1 is 1.09 bits per heavy atom. The van der Waals surface area contributed by atoms with Crippen molar-refractivity contribution >= 4 is 5.91 Å². The van der Waals surface area contributed by atoms with E-state index in [0.717, 1.165) is 25.8 Å². The molecule has 23 heavy (non-hydrogen) atoms. The molecule has 1 saturated heterocycles. The van der Waals surface area contributed by atoms with Gasteiger partial charge in [-0.2, -0.15) is 13.9 Å². The van der Waals surface area contributed by atoms with Gasteiger partial charge in [-0.3, -0.25) is 9.69 Å². The van der Waals surface area contributed by atoms with Crippen LogP contribution in [-0.4, -0.2) is 51.7 Å². The minimum absolute atomic E-state index is 0.0711. The molecule has 0 bridgehead atoms. The van der Waals surface area contributed by atoms with Crippen molar-refractivity contribution in [2.45, 2.75) is 13.1 Å². The normalized spacial score (nSPS) is 16.0. The van der Waals surface area contributed by atoms with Crippen LogP contribution in [0.3, 0.4) is 0 Å². The molecule has 1 fully saturated rings. The van der Waals surface area contributed by atoms with Crippen LogP contribution in [0, 0.1) is 0 Å². The highest BCUT2D eigenvalue weighted by Gasteiger charge is 2.24. The molecule has 0 spiro atoms. The van der Waals surface area contributed by atoms with Crippen molar-refractivity contribution < 1.29 is 13.6 Å². The van der Waals surface area contributed by atoms with E-state index in [1.165, 1.54) is 11.6 Å². The number of nitrogens with zero attached hydrogens (tertiary/aromatic N) is 4. The number of amides is 1. The molecule has 0 saturated carbocycles. The van der Waals surface area contributed by atoms with Gasteiger partial charge in [0.05, 0.1) is 0 Å². The Bertz CT molecular complexity index is 651. The maximum absolute atomic E-state index is 12.5. The Balaban J connectivity index is 1.54. The van der Waals surface area contributed by atoms with Crippen molar-refractivity contribution in [3.8, 4) is 0 Å². The lowest BCUT2D eigenvalue weighted by Crippen LogP contribution is -2.48. The van der Waals surface area contributed by atoms with Crippen LogP contribution in [0.15, 0.2) is 42.6 Å². The third-order valence-electron chi connectivity index (χ3n) is 3.94. The highest BCUT2D eigenvalue weighted by Crippen LogP contribution is 2.13. The quantitative estimate of drug-likeness (QED) is 0.867. The molecular formula is C16H18F2N4O. The third kappa shape index (κ3) is 3.73. The number of rotatable bonds is 4. The van der Waals surface area contributed by atoms with E-state index in [9.17, 15) is 13.6 Å². The molecule has 0 aliphatic carbocycles. The van der Waals surface area contributed by atoms with Gasteiger partial charge in [-0.05, 0) is 11.6 Å². The van der Waals surface area contributed by atoms with E-state index in [0.29, 0.717) is 17.8 Å². The molecule has 0 atom stereocenters. The lowest BCUT2D eigenvalue weighted by Gasteiger charge is -2.34. The van der Waals surface area contributed by atoms with E-state index >= 15 is 0 Å². The summed E-state index contributed by atoms with van der Waals surface area (Å²) >= 11 is 0. The molecule has 2 aromatic rings. The summed E-state index contributed by atoms with van der Waals surface area (Å²) in [6.45, 7) is 0.801. The Morgan fingerprint density at radius 2 is 1.78 bits per heavy atom. The fraction of sp³-hybridized carbons (Fsp3) is 0.375. The number of carbonyl (C=O) groups is 1. The predicted octanol–water partition coefficient (Wildman–Crippen LogP) is 2.24. The van der Waals surface area contributed by atoms with Crippen molar-refractivity contribution in [1.82, 2.24) is 19.6 Å². The van der Waals surface area contributed by atoms with Gasteiger partial charge in [0.1, 0.15) is 0 Å². The molecule has 1 aromatic carbocycles. The number of hydrogen-bond donors (Lipinski definition) is 0. The third-order valence-corrected chi connectivity index (χ3v) is 3.94. The molecule has 122 valence electrons. The smallest absolute Gasteiger partial charge is 0.333 e. The van der Waals surface area contributed by atoms with Gasteiger partial charge in [0.25, 0.3) is 5.91 Å². The lowest BCUT2D eigenvalue weighted by molar-refractivity contribution is 0.0534. The maximum atomic E-state index is 12.5. The minimum Gasteiger partial charge on any atom is -0.335 e. The van der Waals surface area contributed by atoms with Gasteiger partial charge in [-0.1, -0.05) is 30.3 Å². The second kappa shape index (κ2) is 6.87. The molecule has 3 rings (SSSR count). The lowest BCUT2D eigenvalue weighted by atomic mass is 10.2. The summed E-state index contributed by atoms with van der Waals surface area (Å²) in [6, 6.07) is 11.5. The van der Waals surface area contributed by atoms with Gasteiger partial charge in [0, 0.05) is 38.9 Å². The van der Waals surface area contributed by atoms with Crippen molar-refractivity contribution in [1.29, 1.82) is 0 Å². The van der Waals surface area contributed by atoms with Crippen LogP contribution in [0.1, 0.15) is 22.6 Å². The monoisotopic (exact) mass is 320 g/mol. The predicted molar refractivity (Wildman–Crippen MR) is 81.1 cm³/mol. The highest BCUT2D eigenvalue weighted by molar-refractivity contribution is 5.92. The van der Waals surface area contributed by atoms with Gasteiger partial charge < -0.3 is 4.90 Å². The SMILES string of the molecule is O=C(c1ccn(C(F)F)n1)N1CCN(Cc2ccccc2)CC1. The van der Waals surface area contributed by atoms with Crippen LogP contribution in [0.25, 0.3) is 0 Å². The van der Waals surface area contributed by atoms with Crippen molar-refractivity contribution in [2.24, 2.45) is 0 Å². The summed E-state index contributed by atoms with van der Waals surface area (Å²) in [5.41, 5.74) is 1.31. The molecule has 7 heteroatoms. The average molecular weight is 320 g/mol. The number of benzene rings is 1. The van der Waals surface area contributed by atoms with Crippen LogP contribution in [-0.2, 0) is 6.54 Å². The number of halogens is 2. The molecule has 1 aliphatic heterocycles. The summed E-state index contributed by atoms with van der Waals surface area (Å²) in [7, 11) is 0. The van der Waals surface area contributed by atoms with E-state index in [1.54, 1.807) is 4.90 Å². The van der Waals surface area contributed by atoms with Crippen LogP contribution in [0.5, 0.6) is 0 Å². The summed E-state index contributed by atoms with van der Waals surface area (Å²) in [4.78, 5) is 16.2. The summed E-state index contributed by atoms with van der Waals surface area (Å²) in [5, 5.41) is 3.63. The molecule has 0 unspecified atom stereocenters. The maximum Gasteiger partial charge on any atom is 0.333 e. The number of carbonyl (C=O) groups excluding carboxylic acids is 1. The van der Waals surface area contributed by atoms with Crippen LogP contribution < -0.4 is 0 Å². The number of piperazine rings is 1.